The molecule has 2 aromatic carbocycles. The first-order valence-electron chi connectivity index (χ1n) is 7.60. The lowest BCUT2D eigenvalue weighted by Gasteiger charge is -2.11. The monoisotopic (exact) mass is 389 g/mol. The lowest BCUT2D eigenvalue weighted by Crippen LogP contribution is -2.15. The van der Waals surface area contributed by atoms with E-state index in [-0.39, 0.29) is 17.9 Å². The van der Waals surface area contributed by atoms with Gasteiger partial charge in [-0.15, -0.1) is 0 Å². The maximum atomic E-state index is 12.4. The van der Waals surface area contributed by atoms with Gasteiger partial charge < -0.3 is 14.5 Å². The van der Waals surface area contributed by atoms with Crippen LogP contribution in [0.5, 0.6) is 0 Å². The van der Waals surface area contributed by atoms with Gasteiger partial charge in [-0.25, -0.2) is 4.79 Å². The van der Waals surface area contributed by atoms with Gasteiger partial charge in [0.1, 0.15) is 6.61 Å². The summed E-state index contributed by atoms with van der Waals surface area (Å²) in [5.41, 5.74) is 1.03. The quantitative estimate of drug-likeness (QED) is 0.609. The smallest absolute Gasteiger partial charge is 0.340 e. The van der Waals surface area contributed by atoms with Crippen molar-refractivity contribution in [2.24, 2.45) is 0 Å². The summed E-state index contributed by atoms with van der Waals surface area (Å²) < 4.78 is 10.3. The number of carbonyl (C=O) groups excluding carboxylic acids is 2. The van der Waals surface area contributed by atoms with Gasteiger partial charge in [-0.05, 0) is 36.4 Å². The molecule has 0 saturated carbocycles. The molecule has 7 heteroatoms. The molecule has 1 amide bonds. The highest BCUT2D eigenvalue weighted by atomic mass is 35.5. The van der Waals surface area contributed by atoms with E-state index in [1.807, 2.05) is 0 Å². The summed E-state index contributed by atoms with van der Waals surface area (Å²) >= 11 is 12.1. The number of furan rings is 1. The molecule has 0 spiro atoms. The second kappa shape index (κ2) is 8.08. The molecule has 3 rings (SSSR count). The number of hydrogen-bond donors (Lipinski definition) is 1. The molecule has 1 N–H and O–H groups in total. The number of carbonyl (C=O) groups is 2. The first-order valence-corrected chi connectivity index (χ1v) is 8.36. The number of anilines is 1. The second-order valence-corrected chi connectivity index (χ2v) is 6.07. The van der Waals surface area contributed by atoms with Gasteiger partial charge in [-0.2, -0.15) is 0 Å². The Kier molecular flexibility index (Phi) is 5.61. The maximum Gasteiger partial charge on any atom is 0.340 e. The van der Waals surface area contributed by atoms with E-state index in [9.17, 15) is 9.59 Å². The molecule has 5 nitrogen and oxygen atoms in total. The molecule has 0 fully saturated rings. The third-order valence-corrected chi connectivity index (χ3v) is 4.26. The molecule has 0 unspecified atom stereocenters. The van der Waals surface area contributed by atoms with E-state index in [1.54, 1.807) is 48.5 Å². The molecule has 3 aromatic rings. The van der Waals surface area contributed by atoms with Gasteiger partial charge in [0.25, 0.3) is 5.91 Å². The van der Waals surface area contributed by atoms with Crippen molar-refractivity contribution in [1.29, 1.82) is 0 Å². The largest absolute Gasteiger partial charge is 0.459 e. The van der Waals surface area contributed by atoms with Crippen molar-refractivity contribution in [1.82, 2.24) is 0 Å². The minimum Gasteiger partial charge on any atom is -0.459 e. The zero-order chi connectivity index (χ0) is 18.5. The van der Waals surface area contributed by atoms with E-state index in [1.165, 1.54) is 12.3 Å². The van der Waals surface area contributed by atoms with E-state index < -0.39 is 11.9 Å². The molecule has 132 valence electrons. The van der Waals surface area contributed by atoms with Crippen LogP contribution < -0.4 is 5.32 Å². The highest BCUT2D eigenvalue weighted by Crippen LogP contribution is 2.26. The molecule has 0 aliphatic heterocycles. The van der Waals surface area contributed by atoms with Gasteiger partial charge in [0.05, 0.1) is 17.5 Å². The van der Waals surface area contributed by atoms with Crippen molar-refractivity contribution in [2.75, 3.05) is 5.32 Å². The standard InChI is InChI=1S/C19H13Cl2NO4/c20-14-6-3-7-15(21)13(14)11-26-19(24)12-5-1-2-8-16(12)22-18(23)17-9-4-10-25-17/h1-10H,11H2,(H,22,23). The van der Waals surface area contributed by atoms with E-state index in [0.29, 0.717) is 21.3 Å². The van der Waals surface area contributed by atoms with Gasteiger partial charge >= 0.3 is 5.97 Å². The predicted octanol–water partition coefficient (Wildman–Crippen LogP) is 5.20. The lowest BCUT2D eigenvalue weighted by molar-refractivity contribution is 0.0474. The number of halogens is 2. The van der Waals surface area contributed by atoms with Gasteiger partial charge in [-0.1, -0.05) is 41.4 Å². The van der Waals surface area contributed by atoms with Crippen LogP contribution in [0.4, 0.5) is 5.69 Å². The number of para-hydroxylation sites is 1. The summed E-state index contributed by atoms with van der Waals surface area (Å²) in [4.78, 5) is 24.6. The Balaban J connectivity index is 1.75. The van der Waals surface area contributed by atoms with Crippen LogP contribution in [0.3, 0.4) is 0 Å². The number of amides is 1. The lowest BCUT2D eigenvalue weighted by atomic mass is 10.1. The Hall–Kier alpha value is -2.76. The van der Waals surface area contributed by atoms with Crippen molar-refractivity contribution in [2.45, 2.75) is 6.61 Å². The fourth-order valence-electron chi connectivity index (χ4n) is 2.25. The highest BCUT2D eigenvalue weighted by molar-refractivity contribution is 6.36. The predicted molar refractivity (Wildman–Crippen MR) is 98.7 cm³/mol. The minimum absolute atomic E-state index is 0.0855. The summed E-state index contributed by atoms with van der Waals surface area (Å²) in [5.74, 6) is -0.947. The Morgan fingerprint density at radius 3 is 2.38 bits per heavy atom. The van der Waals surface area contributed by atoms with Crippen LogP contribution in [-0.4, -0.2) is 11.9 Å². The first-order chi connectivity index (χ1) is 12.6. The number of esters is 1. The Bertz CT molecular complexity index is 918. The van der Waals surface area contributed by atoms with Gasteiger partial charge in [0.15, 0.2) is 5.76 Å². The molecule has 1 heterocycles. The summed E-state index contributed by atoms with van der Waals surface area (Å²) in [7, 11) is 0. The first kappa shape index (κ1) is 18.0. The van der Waals surface area contributed by atoms with Crippen molar-refractivity contribution < 1.29 is 18.7 Å². The van der Waals surface area contributed by atoms with E-state index in [2.05, 4.69) is 5.32 Å². The number of nitrogens with one attached hydrogen (secondary N) is 1. The third-order valence-electron chi connectivity index (χ3n) is 3.55. The molecule has 1 aromatic heterocycles. The van der Waals surface area contributed by atoms with Crippen LogP contribution in [0.1, 0.15) is 26.5 Å². The van der Waals surface area contributed by atoms with Crippen LogP contribution >= 0.6 is 23.2 Å². The average Bonchev–Trinajstić information content (AvgIpc) is 3.16. The third kappa shape index (κ3) is 4.07. The van der Waals surface area contributed by atoms with E-state index in [0.717, 1.165) is 0 Å². The Labute approximate surface area is 159 Å². The zero-order valence-electron chi connectivity index (χ0n) is 13.4. The Morgan fingerprint density at radius 1 is 0.962 bits per heavy atom. The number of benzene rings is 2. The van der Waals surface area contributed by atoms with Crippen molar-refractivity contribution in [3.63, 3.8) is 0 Å². The van der Waals surface area contributed by atoms with Crippen molar-refractivity contribution in [3.05, 3.63) is 87.8 Å². The molecule has 0 aliphatic rings. The van der Waals surface area contributed by atoms with Crippen LogP contribution in [0.15, 0.2) is 65.3 Å². The summed E-state index contributed by atoms with van der Waals surface area (Å²) in [6.07, 6.45) is 1.39. The highest BCUT2D eigenvalue weighted by Gasteiger charge is 2.17. The van der Waals surface area contributed by atoms with E-state index >= 15 is 0 Å². The topological polar surface area (TPSA) is 68.5 Å². The van der Waals surface area contributed by atoms with Gasteiger partial charge in [0, 0.05) is 15.6 Å². The fourth-order valence-corrected chi connectivity index (χ4v) is 2.75. The number of rotatable bonds is 5. The molecule has 0 bridgehead atoms. The SMILES string of the molecule is O=C(Nc1ccccc1C(=O)OCc1c(Cl)cccc1Cl)c1ccco1. The van der Waals surface area contributed by atoms with Crippen LogP contribution in [0.25, 0.3) is 0 Å². The normalized spacial score (nSPS) is 10.4. The number of hydrogen-bond acceptors (Lipinski definition) is 4. The molecule has 0 atom stereocenters. The molecule has 26 heavy (non-hydrogen) atoms. The average molecular weight is 390 g/mol. The van der Waals surface area contributed by atoms with E-state index in [4.69, 9.17) is 32.4 Å². The van der Waals surface area contributed by atoms with Crippen molar-refractivity contribution in [3.8, 4) is 0 Å². The zero-order valence-corrected chi connectivity index (χ0v) is 14.9. The summed E-state index contributed by atoms with van der Waals surface area (Å²) in [6.45, 7) is -0.0855. The molecule has 0 saturated heterocycles. The van der Waals surface area contributed by atoms with Crippen LogP contribution in [0, 0.1) is 0 Å². The Morgan fingerprint density at radius 2 is 1.69 bits per heavy atom. The summed E-state index contributed by atoms with van der Waals surface area (Å²) in [5, 5.41) is 3.44. The van der Waals surface area contributed by atoms with Crippen molar-refractivity contribution >= 4 is 40.8 Å². The second-order valence-electron chi connectivity index (χ2n) is 5.25. The summed E-state index contributed by atoms with van der Waals surface area (Å²) in [6, 6.07) is 14.7. The molecule has 0 aliphatic carbocycles. The van der Waals surface area contributed by atoms with Crippen LogP contribution in [-0.2, 0) is 11.3 Å². The fraction of sp³-hybridized carbons (Fsp3) is 0.0526. The number of ether oxygens (including phenoxy) is 1. The van der Waals surface area contributed by atoms with Gasteiger partial charge in [0.2, 0.25) is 0 Å². The molecule has 0 radical (unpaired) electrons. The minimum atomic E-state index is -0.615. The van der Waals surface area contributed by atoms with Gasteiger partial charge in [-0.3, -0.25) is 4.79 Å². The molecular weight excluding hydrogens is 377 g/mol. The van der Waals surface area contributed by atoms with Crippen LogP contribution in [0.2, 0.25) is 10.0 Å². The maximum absolute atomic E-state index is 12.4. The molecular formula is C19H13Cl2NO4.